The molecule has 0 aliphatic rings. The summed E-state index contributed by atoms with van der Waals surface area (Å²) in [7, 11) is 0. The maximum Gasteiger partial charge on any atom is 0.387 e. The van der Waals surface area contributed by atoms with E-state index in [1.807, 2.05) is 6.92 Å². The summed E-state index contributed by atoms with van der Waals surface area (Å²) in [4.78, 5) is 4.36. The first-order valence-electron chi connectivity index (χ1n) is 9.25. The van der Waals surface area contributed by atoms with Crippen LogP contribution in [0.2, 0.25) is 0 Å². The highest BCUT2D eigenvalue weighted by Gasteiger charge is 2.09. The average Bonchev–Trinajstić information content (AvgIpc) is 2.62. The van der Waals surface area contributed by atoms with Crippen molar-refractivity contribution < 1.29 is 23.4 Å². The number of rotatable bonds is 12. The summed E-state index contributed by atoms with van der Waals surface area (Å²) >= 11 is 0. The van der Waals surface area contributed by atoms with Crippen LogP contribution in [0.25, 0.3) is 0 Å². The van der Waals surface area contributed by atoms with E-state index in [1.165, 1.54) is 12.1 Å². The minimum absolute atomic E-state index is 0.0548. The second-order valence-electron chi connectivity index (χ2n) is 6.43. The predicted molar refractivity (Wildman–Crippen MR) is 102 cm³/mol. The highest BCUT2D eigenvalue weighted by molar-refractivity contribution is 5.79. The van der Waals surface area contributed by atoms with Gasteiger partial charge >= 0.3 is 6.61 Å². The molecule has 8 heteroatoms. The van der Waals surface area contributed by atoms with E-state index in [9.17, 15) is 13.9 Å². The van der Waals surface area contributed by atoms with Crippen LogP contribution in [0.15, 0.2) is 29.3 Å². The molecule has 0 aliphatic heterocycles. The molecule has 1 rings (SSSR count). The second kappa shape index (κ2) is 13.3. The van der Waals surface area contributed by atoms with Crippen molar-refractivity contribution in [2.24, 2.45) is 10.9 Å². The van der Waals surface area contributed by atoms with Crippen molar-refractivity contribution in [2.75, 3.05) is 32.8 Å². The van der Waals surface area contributed by atoms with E-state index in [0.717, 1.165) is 13.0 Å². The zero-order valence-electron chi connectivity index (χ0n) is 16.3. The molecule has 0 radical (unpaired) electrons. The Morgan fingerprint density at radius 2 is 1.89 bits per heavy atom. The quantitative estimate of drug-likeness (QED) is 0.292. The molecule has 1 atom stereocenters. The normalized spacial score (nSPS) is 13.1. The van der Waals surface area contributed by atoms with E-state index in [-0.39, 0.29) is 12.3 Å². The van der Waals surface area contributed by atoms with Crippen molar-refractivity contribution in [1.29, 1.82) is 0 Å². The molecule has 0 heterocycles. The number of hydrogen-bond acceptors (Lipinski definition) is 4. The van der Waals surface area contributed by atoms with Gasteiger partial charge in [-0.3, -0.25) is 4.99 Å². The lowest BCUT2D eigenvalue weighted by atomic mass is 10.1. The Labute approximate surface area is 160 Å². The number of hydrogen-bond donors (Lipinski definition) is 3. The number of benzene rings is 1. The van der Waals surface area contributed by atoms with Crippen molar-refractivity contribution in [1.82, 2.24) is 10.6 Å². The number of nitrogens with zero attached hydrogens (tertiary/aromatic N) is 1. The lowest BCUT2D eigenvalue weighted by Crippen LogP contribution is -2.38. The van der Waals surface area contributed by atoms with Crippen LogP contribution in [0.4, 0.5) is 8.78 Å². The monoisotopic (exact) mass is 387 g/mol. The first kappa shape index (κ1) is 23.1. The summed E-state index contributed by atoms with van der Waals surface area (Å²) < 4.78 is 34.1. The lowest BCUT2D eigenvalue weighted by molar-refractivity contribution is -0.0498. The third-order valence-electron chi connectivity index (χ3n) is 3.47. The second-order valence-corrected chi connectivity index (χ2v) is 6.43. The maximum absolute atomic E-state index is 12.2. The van der Waals surface area contributed by atoms with Crippen molar-refractivity contribution in [2.45, 2.75) is 39.9 Å². The van der Waals surface area contributed by atoms with Crippen molar-refractivity contribution in [3.8, 4) is 5.75 Å². The predicted octanol–water partition coefficient (Wildman–Crippen LogP) is 2.94. The standard InChI is InChI=1S/C19H31F2N3O3/c1-4-22-19(23-10-5-11-26-13-14(2)3)24-12-17(25)15-6-8-16(9-7-15)27-18(20)21/h6-9,14,17-18,25H,4-5,10-13H2,1-3H3,(H2,22,23,24). The van der Waals surface area contributed by atoms with Crippen LogP contribution in [0.5, 0.6) is 5.75 Å². The average molecular weight is 387 g/mol. The number of halogens is 2. The Hall–Kier alpha value is -1.93. The van der Waals surface area contributed by atoms with Crippen LogP contribution in [0, 0.1) is 5.92 Å². The van der Waals surface area contributed by atoms with Gasteiger partial charge in [-0.2, -0.15) is 8.78 Å². The molecule has 0 spiro atoms. The minimum Gasteiger partial charge on any atom is -0.435 e. The highest BCUT2D eigenvalue weighted by Crippen LogP contribution is 2.19. The largest absolute Gasteiger partial charge is 0.435 e. The van der Waals surface area contributed by atoms with Crippen molar-refractivity contribution in [3.63, 3.8) is 0 Å². The molecule has 0 saturated carbocycles. The number of aliphatic hydroxyl groups excluding tert-OH is 1. The van der Waals surface area contributed by atoms with Gasteiger partial charge in [-0.15, -0.1) is 0 Å². The molecular weight excluding hydrogens is 356 g/mol. The third-order valence-corrected chi connectivity index (χ3v) is 3.47. The van der Waals surface area contributed by atoms with Gasteiger partial charge in [0.15, 0.2) is 5.96 Å². The Morgan fingerprint density at radius 3 is 2.48 bits per heavy atom. The van der Waals surface area contributed by atoms with E-state index in [4.69, 9.17) is 4.74 Å². The maximum atomic E-state index is 12.2. The van der Waals surface area contributed by atoms with Crippen LogP contribution < -0.4 is 15.4 Å². The van der Waals surface area contributed by atoms with Gasteiger partial charge in [0.2, 0.25) is 0 Å². The van der Waals surface area contributed by atoms with Crippen LogP contribution >= 0.6 is 0 Å². The van der Waals surface area contributed by atoms with Gasteiger partial charge in [0.25, 0.3) is 0 Å². The molecule has 0 amide bonds. The number of aliphatic hydroxyl groups is 1. The number of aliphatic imine (C=N–C) groups is 1. The molecule has 0 aliphatic carbocycles. The lowest BCUT2D eigenvalue weighted by Gasteiger charge is -2.14. The Kier molecular flexibility index (Phi) is 11.4. The fourth-order valence-corrected chi connectivity index (χ4v) is 2.20. The van der Waals surface area contributed by atoms with Crippen LogP contribution in [-0.4, -0.2) is 50.5 Å². The van der Waals surface area contributed by atoms with Crippen LogP contribution in [0.1, 0.15) is 38.9 Å². The molecule has 1 aromatic rings. The van der Waals surface area contributed by atoms with Gasteiger partial charge in [0.1, 0.15) is 5.75 Å². The van der Waals surface area contributed by atoms with E-state index in [1.54, 1.807) is 12.1 Å². The molecule has 27 heavy (non-hydrogen) atoms. The SMILES string of the molecule is CCNC(=NCC(O)c1ccc(OC(F)F)cc1)NCCCOCC(C)C. The van der Waals surface area contributed by atoms with Gasteiger partial charge in [0.05, 0.1) is 12.6 Å². The molecule has 0 saturated heterocycles. The van der Waals surface area contributed by atoms with Gasteiger partial charge < -0.3 is 25.2 Å². The Balaban J connectivity index is 2.44. The van der Waals surface area contributed by atoms with E-state index in [2.05, 4.69) is 34.2 Å². The zero-order valence-corrected chi connectivity index (χ0v) is 16.3. The van der Waals surface area contributed by atoms with Crippen LogP contribution in [-0.2, 0) is 4.74 Å². The van der Waals surface area contributed by atoms with Gasteiger partial charge in [0, 0.05) is 26.3 Å². The van der Waals surface area contributed by atoms with Crippen molar-refractivity contribution in [3.05, 3.63) is 29.8 Å². The third kappa shape index (κ3) is 10.7. The van der Waals surface area contributed by atoms with E-state index >= 15 is 0 Å². The summed E-state index contributed by atoms with van der Waals surface area (Å²) in [6, 6.07) is 5.89. The molecule has 6 nitrogen and oxygen atoms in total. The summed E-state index contributed by atoms with van der Waals surface area (Å²) in [5.41, 5.74) is 0.582. The fourth-order valence-electron chi connectivity index (χ4n) is 2.20. The van der Waals surface area contributed by atoms with Gasteiger partial charge in [-0.05, 0) is 37.0 Å². The zero-order chi connectivity index (χ0) is 20.1. The summed E-state index contributed by atoms with van der Waals surface area (Å²) in [5.74, 6) is 1.19. The molecule has 0 fully saturated rings. The molecule has 0 aromatic heterocycles. The summed E-state index contributed by atoms with van der Waals surface area (Å²) in [6.45, 7) is 6.30. The molecule has 154 valence electrons. The number of alkyl halides is 2. The number of nitrogens with one attached hydrogen (secondary N) is 2. The summed E-state index contributed by atoms with van der Waals surface area (Å²) in [5, 5.41) is 16.5. The number of guanidine groups is 1. The Morgan fingerprint density at radius 1 is 1.19 bits per heavy atom. The molecular formula is C19H31F2N3O3. The first-order chi connectivity index (χ1) is 12.9. The number of ether oxygens (including phenoxy) is 2. The molecule has 1 aromatic carbocycles. The highest BCUT2D eigenvalue weighted by atomic mass is 19.3. The minimum atomic E-state index is -2.87. The van der Waals surface area contributed by atoms with Crippen molar-refractivity contribution >= 4 is 5.96 Å². The van der Waals surface area contributed by atoms with Gasteiger partial charge in [-0.1, -0.05) is 26.0 Å². The molecule has 3 N–H and O–H groups in total. The van der Waals surface area contributed by atoms with Crippen LogP contribution in [0.3, 0.4) is 0 Å². The van der Waals surface area contributed by atoms with E-state index < -0.39 is 12.7 Å². The Bertz CT molecular complexity index is 540. The smallest absolute Gasteiger partial charge is 0.387 e. The van der Waals surface area contributed by atoms with Gasteiger partial charge in [-0.25, -0.2) is 0 Å². The molecule has 0 bridgehead atoms. The summed E-state index contributed by atoms with van der Waals surface area (Å²) in [6.07, 6.45) is 0.0149. The molecule has 1 unspecified atom stereocenters. The first-order valence-corrected chi connectivity index (χ1v) is 9.25. The van der Waals surface area contributed by atoms with E-state index in [0.29, 0.717) is 37.1 Å². The topological polar surface area (TPSA) is 75.1 Å². The fraction of sp³-hybridized carbons (Fsp3) is 0.632.